The minimum atomic E-state index is -0.256. The molecule has 0 fully saturated rings. The Morgan fingerprint density at radius 1 is 1.12 bits per heavy atom. The minimum absolute atomic E-state index is 0.0373. The molecule has 2 aromatic carbocycles. The topological polar surface area (TPSA) is 81.5 Å². The van der Waals surface area contributed by atoms with Gasteiger partial charge in [0.25, 0.3) is 5.91 Å². The highest BCUT2D eigenvalue weighted by Crippen LogP contribution is 2.21. The minimum Gasteiger partial charge on any atom is -0.496 e. The number of methoxy groups -OCH3 is 1. The first-order valence-electron chi connectivity index (χ1n) is 11.3. The number of nitrogens with one attached hydrogen (secondary N) is 1. The van der Waals surface area contributed by atoms with Gasteiger partial charge < -0.3 is 19.4 Å². The fourth-order valence-corrected chi connectivity index (χ4v) is 4.18. The standard InChI is InChI=1S/C25H31N5O3/c1-18-15-20(9-10-22(18)32-3)16-29-12-11-23-27-28-25(30(23)14-13-29)19(2)26-24(31)17-33-21-7-5-4-6-8-21/h4-10,15,19H,11-14,16-17H2,1-3H3,(H,26,31). The molecule has 8 nitrogen and oxygen atoms in total. The summed E-state index contributed by atoms with van der Waals surface area (Å²) in [7, 11) is 1.70. The van der Waals surface area contributed by atoms with Crippen LogP contribution in [0.4, 0.5) is 0 Å². The van der Waals surface area contributed by atoms with Crippen LogP contribution in [0.5, 0.6) is 11.5 Å². The van der Waals surface area contributed by atoms with E-state index in [-0.39, 0.29) is 18.6 Å². The van der Waals surface area contributed by atoms with Gasteiger partial charge in [-0.05, 0) is 43.2 Å². The molecule has 8 heteroatoms. The van der Waals surface area contributed by atoms with Crippen molar-refractivity contribution in [3.8, 4) is 11.5 Å². The molecule has 1 aromatic heterocycles. The van der Waals surface area contributed by atoms with Crippen LogP contribution in [0, 0.1) is 6.92 Å². The van der Waals surface area contributed by atoms with E-state index >= 15 is 0 Å². The molecule has 4 rings (SSSR count). The number of carbonyl (C=O) groups is 1. The molecular weight excluding hydrogens is 418 g/mol. The van der Waals surface area contributed by atoms with Crippen LogP contribution in [0.1, 0.15) is 35.7 Å². The number of carbonyl (C=O) groups excluding carboxylic acids is 1. The maximum atomic E-state index is 12.4. The lowest BCUT2D eigenvalue weighted by molar-refractivity contribution is -0.123. The van der Waals surface area contributed by atoms with Crippen LogP contribution in [0.2, 0.25) is 0 Å². The van der Waals surface area contributed by atoms with Gasteiger partial charge in [-0.3, -0.25) is 9.69 Å². The first kappa shape index (κ1) is 22.8. The van der Waals surface area contributed by atoms with Crippen molar-refractivity contribution in [1.82, 2.24) is 25.0 Å². The Bertz CT molecular complexity index is 1080. The van der Waals surface area contributed by atoms with Crippen LogP contribution in [0.15, 0.2) is 48.5 Å². The van der Waals surface area contributed by atoms with Crippen LogP contribution in [-0.2, 0) is 24.3 Å². The Kier molecular flexibility index (Phi) is 7.24. The molecule has 1 aliphatic rings. The molecule has 1 aliphatic heterocycles. The zero-order valence-corrected chi connectivity index (χ0v) is 19.5. The van der Waals surface area contributed by atoms with Crippen molar-refractivity contribution in [3.05, 3.63) is 71.3 Å². The lowest BCUT2D eigenvalue weighted by atomic mass is 10.1. The van der Waals surface area contributed by atoms with Crippen LogP contribution in [0.25, 0.3) is 0 Å². The lowest BCUT2D eigenvalue weighted by Crippen LogP contribution is -2.33. The summed E-state index contributed by atoms with van der Waals surface area (Å²) in [4.78, 5) is 14.8. The third-order valence-corrected chi connectivity index (χ3v) is 5.89. The van der Waals surface area contributed by atoms with Crippen molar-refractivity contribution in [2.24, 2.45) is 0 Å². The van der Waals surface area contributed by atoms with Crippen molar-refractivity contribution < 1.29 is 14.3 Å². The van der Waals surface area contributed by atoms with Crippen molar-refractivity contribution in [2.45, 2.75) is 39.4 Å². The zero-order valence-electron chi connectivity index (χ0n) is 19.5. The Balaban J connectivity index is 1.33. The van der Waals surface area contributed by atoms with Gasteiger partial charge in [-0.2, -0.15) is 0 Å². The molecule has 1 atom stereocenters. The predicted molar refractivity (Wildman–Crippen MR) is 125 cm³/mol. The van der Waals surface area contributed by atoms with Gasteiger partial charge in [0.1, 0.15) is 17.3 Å². The molecule has 174 valence electrons. The molecule has 3 aromatic rings. The maximum absolute atomic E-state index is 12.4. The van der Waals surface area contributed by atoms with Crippen molar-refractivity contribution in [2.75, 3.05) is 26.8 Å². The summed E-state index contributed by atoms with van der Waals surface area (Å²) in [6.07, 6.45) is 0.819. The van der Waals surface area contributed by atoms with E-state index in [0.717, 1.165) is 55.6 Å². The van der Waals surface area contributed by atoms with Crippen LogP contribution < -0.4 is 14.8 Å². The van der Waals surface area contributed by atoms with Crippen LogP contribution in [-0.4, -0.2) is 52.4 Å². The number of para-hydroxylation sites is 1. The maximum Gasteiger partial charge on any atom is 0.258 e. The van der Waals surface area contributed by atoms with Crippen LogP contribution in [0.3, 0.4) is 0 Å². The highest BCUT2D eigenvalue weighted by atomic mass is 16.5. The van der Waals surface area contributed by atoms with Gasteiger partial charge in [0.2, 0.25) is 0 Å². The number of hydrogen-bond donors (Lipinski definition) is 1. The highest BCUT2D eigenvalue weighted by Gasteiger charge is 2.23. The smallest absolute Gasteiger partial charge is 0.258 e. The molecule has 0 saturated heterocycles. The second kappa shape index (κ2) is 10.5. The average Bonchev–Trinajstić information content (AvgIpc) is 3.13. The van der Waals surface area contributed by atoms with E-state index in [2.05, 4.69) is 44.0 Å². The number of ether oxygens (including phenoxy) is 2. The van der Waals surface area contributed by atoms with Gasteiger partial charge in [-0.1, -0.05) is 30.3 Å². The Hall–Kier alpha value is -3.39. The second-order valence-electron chi connectivity index (χ2n) is 8.35. The van der Waals surface area contributed by atoms with E-state index in [1.165, 1.54) is 5.56 Å². The van der Waals surface area contributed by atoms with Gasteiger partial charge in [0, 0.05) is 32.6 Å². The predicted octanol–water partition coefficient (Wildman–Crippen LogP) is 2.91. The summed E-state index contributed by atoms with van der Waals surface area (Å²) in [5.41, 5.74) is 2.41. The summed E-state index contributed by atoms with van der Waals surface area (Å²) in [5.74, 6) is 3.13. The van der Waals surface area contributed by atoms with E-state index in [1.54, 1.807) is 7.11 Å². The van der Waals surface area contributed by atoms with E-state index in [1.807, 2.05) is 43.3 Å². The SMILES string of the molecule is COc1ccc(CN2CCc3nnc(C(C)NC(=O)COc4ccccc4)n3CC2)cc1C. The van der Waals surface area contributed by atoms with Gasteiger partial charge in [0.15, 0.2) is 12.4 Å². The van der Waals surface area contributed by atoms with Crippen molar-refractivity contribution in [1.29, 1.82) is 0 Å². The van der Waals surface area contributed by atoms with Gasteiger partial charge in [-0.25, -0.2) is 0 Å². The molecular formula is C25H31N5O3. The number of aromatic nitrogens is 3. The normalized spacial score (nSPS) is 14.8. The second-order valence-corrected chi connectivity index (χ2v) is 8.35. The van der Waals surface area contributed by atoms with Crippen LogP contribution >= 0.6 is 0 Å². The van der Waals surface area contributed by atoms with Gasteiger partial charge in [0.05, 0.1) is 13.2 Å². The summed E-state index contributed by atoms with van der Waals surface area (Å²) in [6, 6.07) is 15.4. The molecule has 0 saturated carbocycles. The number of fused-ring (bicyclic) bond motifs is 1. The third kappa shape index (κ3) is 5.70. The monoisotopic (exact) mass is 449 g/mol. The van der Waals surface area contributed by atoms with E-state index in [0.29, 0.717) is 5.75 Å². The van der Waals surface area contributed by atoms with E-state index < -0.39 is 0 Å². The number of hydrogen-bond acceptors (Lipinski definition) is 6. The highest BCUT2D eigenvalue weighted by molar-refractivity contribution is 5.77. The first-order valence-corrected chi connectivity index (χ1v) is 11.3. The zero-order chi connectivity index (χ0) is 23.2. The van der Waals surface area contributed by atoms with Crippen molar-refractivity contribution >= 4 is 5.91 Å². The number of rotatable bonds is 8. The fourth-order valence-electron chi connectivity index (χ4n) is 4.18. The van der Waals surface area contributed by atoms with Gasteiger partial charge in [-0.15, -0.1) is 10.2 Å². The molecule has 1 N–H and O–H groups in total. The number of nitrogens with zero attached hydrogens (tertiary/aromatic N) is 4. The molecule has 33 heavy (non-hydrogen) atoms. The number of amides is 1. The molecule has 0 spiro atoms. The van der Waals surface area contributed by atoms with E-state index in [4.69, 9.17) is 9.47 Å². The largest absolute Gasteiger partial charge is 0.496 e. The Labute approximate surface area is 194 Å². The Morgan fingerprint density at radius 3 is 2.70 bits per heavy atom. The van der Waals surface area contributed by atoms with Gasteiger partial charge >= 0.3 is 0 Å². The lowest BCUT2D eigenvalue weighted by Gasteiger charge is -2.21. The van der Waals surface area contributed by atoms with Crippen molar-refractivity contribution in [3.63, 3.8) is 0 Å². The molecule has 0 radical (unpaired) electrons. The summed E-state index contributed by atoms with van der Waals surface area (Å²) in [5, 5.41) is 11.8. The number of aryl methyl sites for hydroxylation is 1. The Morgan fingerprint density at radius 2 is 1.94 bits per heavy atom. The summed E-state index contributed by atoms with van der Waals surface area (Å²) < 4.78 is 13.1. The van der Waals surface area contributed by atoms with E-state index in [9.17, 15) is 4.79 Å². The molecule has 0 aliphatic carbocycles. The fraction of sp³-hybridized carbons (Fsp3) is 0.400. The molecule has 1 amide bonds. The quantitative estimate of drug-likeness (QED) is 0.570. The average molecular weight is 450 g/mol. The summed E-state index contributed by atoms with van der Waals surface area (Å²) in [6.45, 7) is 7.43. The summed E-state index contributed by atoms with van der Waals surface area (Å²) >= 11 is 0. The third-order valence-electron chi connectivity index (χ3n) is 5.89. The first-order chi connectivity index (χ1) is 16.0. The number of benzene rings is 2. The molecule has 2 heterocycles. The molecule has 0 bridgehead atoms. The molecule has 1 unspecified atom stereocenters.